The molecule has 0 aliphatic rings. The van der Waals surface area contributed by atoms with Crippen molar-refractivity contribution in [3.63, 3.8) is 0 Å². The second-order valence-corrected chi connectivity index (χ2v) is 4.00. The minimum Gasteiger partial charge on any atom is -0.262 e. The smallest absolute Gasteiger partial charge is 0.262 e. The normalized spacial score (nSPS) is 11.2. The number of hydrazone groups is 1. The van der Waals surface area contributed by atoms with Crippen molar-refractivity contribution in [3.8, 4) is 0 Å². The SMILES string of the molecule is CCN=C(N/N=C/c1ccc([N+](=O)[O-])cc1)SC.I. The Hall–Kier alpha value is -1.16. The zero-order valence-corrected chi connectivity index (χ0v) is 13.7. The number of nitrogens with one attached hydrogen (secondary N) is 1. The summed E-state index contributed by atoms with van der Waals surface area (Å²) in [5.74, 6) is 0. The Morgan fingerprint density at radius 2 is 2.11 bits per heavy atom. The van der Waals surface area contributed by atoms with Crippen molar-refractivity contribution in [1.29, 1.82) is 0 Å². The molecule has 0 radical (unpaired) electrons. The summed E-state index contributed by atoms with van der Waals surface area (Å²) in [5, 5.41) is 15.2. The molecule has 0 atom stereocenters. The van der Waals surface area contributed by atoms with E-state index in [1.54, 1.807) is 18.3 Å². The van der Waals surface area contributed by atoms with Crippen LogP contribution in [0.15, 0.2) is 34.4 Å². The number of hydrogen-bond acceptors (Lipinski definition) is 5. The van der Waals surface area contributed by atoms with E-state index in [-0.39, 0.29) is 29.7 Å². The monoisotopic (exact) mass is 394 g/mol. The molecule has 8 heteroatoms. The van der Waals surface area contributed by atoms with E-state index in [0.717, 1.165) is 10.7 Å². The van der Waals surface area contributed by atoms with Crippen molar-refractivity contribution < 1.29 is 4.92 Å². The highest BCUT2D eigenvalue weighted by Gasteiger charge is 2.02. The van der Waals surface area contributed by atoms with Crippen LogP contribution < -0.4 is 5.43 Å². The molecule has 0 aliphatic carbocycles. The highest BCUT2D eigenvalue weighted by Crippen LogP contribution is 2.10. The summed E-state index contributed by atoms with van der Waals surface area (Å²) in [6.07, 6.45) is 3.49. The molecule has 0 unspecified atom stereocenters. The fraction of sp³-hybridized carbons (Fsp3) is 0.273. The van der Waals surface area contributed by atoms with Crippen LogP contribution in [0.3, 0.4) is 0 Å². The second-order valence-electron chi connectivity index (χ2n) is 3.20. The molecule has 0 aromatic heterocycles. The summed E-state index contributed by atoms with van der Waals surface area (Å²) in [6, 6.07) is 6.16. The van der Waals surface area contributed by atoms with Gasteiger partial charge in [-0.25, -0.2) is 0 Å². The second kappa shape index (κ2) is 9.73. The third kappa shape index (κ3) is 6.53. The van der Waals surface area contributed by atoms with Gasteiger partial charge in [0.1, 0.15) is 0 Å². The molecule has 0 heterocycles. The lowest BCUT2D eigenvalue weighted by Gasteiger charge is -2.00. The molecular formula is C11H15IN4O2S. The van der Waals surface area contributed by atoms with Gasteiger partial charge in [-0.05, 0) is 30.9 Å². The molecule has 19 heavy (non-hydrogen) atoms. The third-order valence-corrected chi connectivity index (χ3v) is 2.58. The predicted octanol–water partition coefficient (Wildman–Crippen LogP) is 2.88. The number of non-ortho nitro benzene ring substituents is 1. The molecule has 0 spiro atoms. The maximum absolute atomic E-state index is 10.5. The molecule has 104 valence electrons. The Balaban J connectivity index is 0.00000324. The molecule has 0 fully saturated rings. The van der Waals surface area contributed by atoms with Gasteiger partial charge >= 0.3 is 0 Å². The van der Waals surface area contributed by atoms with Crippen molar-refractivity contribution in [3.05, 3.63) is 39.9 Å². The Morgan fingerprint density at radius 3 is 2.58 bits per heavy atom. The summed E-state index contributed by atoms with van der Waals surface area (Å²) < 4.78 is 0. The van der Waals surface area contributed by atoms with E-state index in [1.807, 2.05) is 13.2 Å². The van der Waals surface area contributed by atoms with Crippen LogP contribution in [0.1, 0.15) is 12.5 Å². The van der Waals surface area contributed by atoms with Gasteiger partial charge in [0, 0.05) is 18.7 Å². The predicted molar refractivity (Wildman–Crippen MR) is 90.7 cm³/mol. The molecule has 0 bridgehead atoms. The number of hydrogen-bond donors (Lipinski definition) is 1. The van der Waals surface area contributed by atoms with E-state index in [4.69, 9.17) is 0 Å². The lowest BCUT2D eigenvalue weighted by atomic mass is 10.2. The number of nitrogens with zero attached hydrogens (tertiary/aromatic N) is 3. The first-order chi connectivity index (χ1) is 8.67. The molecule has 1 aromatic carbocycles. The fourth-order valence-corrected chi connectivity index (χ4v) is 1.54. The van der Waals surface area contributed by atoms with E-state index in [9.17, 15) is 10.1 Å². The number of nitro groups is 1. The largest absolute Gasteiger partial charge is 0.269 e. The quantitative estimate of drug-likeness (QED) is 0.280. The Labute approximate surface area is 132 Å². The van der Waals surface area contributed by atoms with E-state index in [0.29, 0.717) is 6.54 Å². The van der Waals surface area contributed by atoms with Crippen LogP contribution in [0.25, 0.3) is 0 Å². The van der Waals surface area contributed by atoms with Gasteiger partial charge in [0.15, 0.2) is 5.17 Å². The van der Waals surface area contributed by atoms with Crippen molar-refractivity contribution in [2.75, 3.05) is 12.8 Å². The van der Waals surface area contributed by atoms with Gasteiger partial charge in [-0.2, -0.15) is 5.10 Å². The van der Waals surface area contributed by atoms with Crippen molar-refractivity contribution in [1.82, 2.24) is 5.43 Å². The van der Waals surface area contributed by atoms with Gasteiger partial charge in [0.25, 0.3) is 5.69 Å². The van der Waals surface area contributed by atoms with E-state index in [1.165, 1.54) is 23.9 Å². The molecule has 0 amide bonds. The van der Waals surface area contributed by atoms with Gasteiger partial charge in [0.05, 0.1) is 11.1 Å². The van der Waals surface area contributed by atoms with Crippen LogP contribution in [0.5, 0.6) is 0 Å². The topological polar surface area (TPSA) is 79.9 Å². The molecule has 0 saturated heterocycles. The number of benzene rings is 1. The fourth-order valence-electron chi connectivity index (χ4n) is 1.13. The van der Waals surface area contributed by atoms with Gasteiger partial charge in [-0.1, -0.05) is 11.8 Å². The van der Waals surface area contributed by atoms with E-state index < -0.39 is 4.92 Å². The van der Waals surface area contributed by atoms with Gasteiger partial charge in [-0.15, -0.1) is 24.0 Å². The molecule has 0 aliphatic heterocycles. The average Bonchev–Trinajstić information content (AvgIpc) is 2.38. The highest BCUT2D eigenvalue weighted by atomic mass is 127. The summed E-state index contributed by atoms with van der Waals surface area (Å²) in [4.78, 5) is 14.2. The Bertz CT molecular complexity index is 462. The lowest BCUT2D eigenvalue weighted by Crippen LogP contribution is -2.13. The maximum Gasteiger partial charge on any atom is 0.269 e. The van der Waals surface area contributed by atoms with Crippen LogP contribution in [-0.2, 0) is 0 Å². The molecule has 6 nitrogen and oxygen atoms in total. The van der Waals surface area contributed by atoms with Crippen LogP contribution in [-0.4, -0.2) is 29.1 Å². The minimum absolute atomic E-state index is 0. The molecule has 1 N–H and O–H groups in total. The van der Waals surface area contributed by atoms with Crippen molar-refractivity contribution >= 4 is 52.8 Å². The van der Waals surface area contributed by atoms with Crippen molar-refractivity contribution in [2.45, 2.75) is 6.92 Å². The Kier molecular flexibility index (Phi) is 9.13. The number of nitro benzene ring substituents is 1. The number of aliphatic imine (C=N–C) groups is 1. The standard InChI is InChI=1S/C11H14N4O2S.HI/c1-3-12-11(18-2)14-13-8-9-4-6-10(7-5-9)15(16)17;/h4-8H,3H2,1-2H3,(H,12,14);1H/b13-8+;. The molecular weight excluding hydrogens is 379 g/mol. The highest BCUT2D eigenvalue weighted by molar-refractivity contribution is 14.0. The zero-order valence-electron chi connectivity index (χ0n) is 10.6. The number of rotatable bonds is 4. The third-order valence-electron chi connectivity index (χ3n) is 1.97. The minimum atomic E-state index is -0.432. The lowest BCUT2D eigenvalue weighted by molar-refractivity contribution is -0.384. The average molecular weight is 394 g/mol. The van der Waals surface area contributed by atoms with Crippen LogP contribution >= 0.6 is 35.7 Å². The Morgan fingerprint density at radius 1 is 1.47 bits per heavy atom. The van der Waals surface area contributed by atoms with Crippen LogP contribution in [0.4, 0.5) is 5.69 Å². The summed E-state index contributed by atoms with van der Waals surface area (Å²) in [5.41, 5.74) is 3.65. The number of amidine groups is 1. The van der Waals surface area contributed by atoms with E-state index >= 15 is 0 Å². The van der Waals surface area contributed by atoms with Crippen LogP contribution in [0, 0.1) is 10.1 Å². The van der Waals surface area contributed by atoms with Crippen molar-refractivity contribution in [2.24, 2.45) is 10.1 Å². The zero-order chi connectivity index (χ0) is 13.4. The molecule has 1 aromatic rings. The van der Waals surface area contributed by atoms with E-state index in [2.05, 4.69) is 15.5 Å². The molecule has 0 saturated carbocycles. The summed E-state index contributed by atoms with van der Waals surface area (Å²) in [7, 11) is 0. The maximum atomic E-state index is 10.5. The first kappa shape index (κ1) is 17.8. The number of halogens is 1. The van der Waals surface area contributed by atoms with Gasteiger partial charge in [0.2, 0.25) is 0 Å². The summed E-state index contributed by atoms with van der Waals surface area (Å²) >= 11 is 1.47. The molecule has 1 rings (SSSR count). The summed E-state index contributed by atoms with van der Waals surface area (Å²) in [6.45, 7) is 2.63. The van der Waals surface area contributed by atoms with Crippen LogP contribution in [0.2, 0.25) is 0 Å². The van der Waals surface area contributed by atoms with Gasteiger partial charge < -0.3 is 0 Å². The first-order valence-electron chi connectivity index (χ1n) is 5.29. The van der Waals surface area contributed by atoms with Gasteiger partial charge in [-0.3, -0.25) is 20.5 Å². The number of thioether (sulfide) groups is 1. The first-order valence-corrected chi connectivity index (χ1v) is 6.51.